The lowest BCUT2D eigenvalue weighted by Crippen LogP contribution is -2.53. The van der Waals surface area contributed by atoms with Crippen molar-refractivity contribution in [3.8, 4) is 11.5 Å². The summed E-state index contributed by atoms with van der Waals surface area (Å²) in [4.78, 5) is 26.9. The van der Waals surface area contributed by atoms with Crippen molar-refractivity contribution in [1.82, 2.24) is 0 Å². The van der Waals surface area contributed by atoms with Crippen LogP contribution in [0.15, 0.2) is 54.6 Å². The Bertz CT molecular complexity index is 1400. The molecule has 0 heterocycles. The van der Waals surface area contributed by atoms with Gasteiger partial charge in [0.2, 0.25) is 0 Å². The van der Waals surface area contributed by atoms with Crippen LogP contribution in [0.1, 0.15) is 61.0 Å². The van der Waals surface area contributed by atoms with E-state index in [1.165, 1.54) is 27.9 Å². The van der Waals surface area contributed by atoms with Crippen molar-refractivity contribution in [2.45, 2.75) is 82.8 Å². The molecule has 1 fully saturated rings. The fraction of sp³-hybridized carbons (Fsp3) is 0.548. The minimum atomic E-state index is -4.27. The van der Waals surface area contributed by atoms with Crippen molar-refractivity contribution in [1.29, 1.82) is 0 Å². The van der Waals surface area contributed by atoms with Gasteiger partial charge in [0.1, 0.15) is 23.7 Å². The molecule has 0 spiro atoms. The maximum absolute atomic E-state index is 13.8. The van der Waals surface area contributed by atoms with Gasteiger partial charge in [-0.05, 0) is 82.7 Å². The molecule has 232 valence electrons. The number of para-hydroxylation sites is 1. The number of carbonyl (C=O) groups excluding carboxylic acids is 2. The molecule has 42 heavy (non-hydrogen) atoms. The number of benzene rings is 2. The van der Waals surface area contributed by atoms with E-state index >= 15 is 0 Å². The zero-order valence-corrected chi connectivity index (χ0v) is 27.3. The molecule has 0 N–H and O–H groups in total. The molecule has 0 saturated heterocycles. The van der Waals surface area contributed by atoms with E-state index in [0.29, 0.717) is 17.1 Å². The van der Waals surface area contributed by atoms with E-state index < -0.39 is 71.0 Å². The highest BCUT2D eigenvalue weighted by molar-refractivity contribution is 7.95. The Morgan fingerprint density at radius 1 is 0.952 bits per heavy atom. The Morgan fingerprint density at radius 2 is 1.55 bits per heavy atom. The molecule has 0 radical (unpaired) electrons. The Labute approximate surface area is 251 Å². The quantitative estimate of drug-likeness (QED) is 0.303. The second-order valence-corrected chi connectivity index (χ2v) is 17.2. The van der Waals surface area contributed by atoms with Gasteiger partial charge in [0, 0.05) is 0 Å². The largest absolute Gasteiger partial charge is 0.461 e. The molecular weight excluding hydrogens is 580 g/mol. The predicted octanol–water partition coefficient (Wildman–Crippen LogP) is 5.40. The summed E-state index contributed by atoms with van der Waals surface area (Å²) in [6, 6.07) is 16.4. The molecule has 9 nitrogen and oxygen atoms in total. The molecule has 2 aromatic carbocycles. The molecular formula is C31H42O9S2. The van der Waals surface area contributed by atoms with Crippen LogP contribution in [0.25, 0.3) is 0 Å². The summed E-state index contributed by atoms with van der Waals surface area (Å²) in [7, 11) is -3.10. The Hall–Kier alpha value is -2.76. The van der Waals surface area contributed by atoms with Crippen LogP contribution >= 0.6 is 0 Å². The van der Waals surface area contributed by atoms with Gasteiger partial charge in [-0.3, -0.25) is 13.8 Å². The molecule has 0 unspecified atom stereocenters. The number of carbonyl (C=O) groups is 2. The molecule has 5 atom stereocenters. The van der Waals surface area contributed by atoms with Crippen LogP contribution in [0.3, 0.4) is 0 Å². The average molecular weight is 623 g/mol. The van der Waals surface area contributed by atoms with Gasteiger partial charge in [-0.1, -0.05) is 44.2 Å². The SMILES string of the molecule is CO[S@](=O)[C@H]([C@H]1[C@@H](C(=O)OCc2cccc(Oc3ccccc3)c2)C1(C)C)[C@@H](C(=O)OC(C)(C)C)S(=O)(=O)C(C)(C)C. The monoisotopic (exact) mass is 622 g/mol. The predicted molar refractivity (Wildman–Crippen MR) is 161 cm³/mol. The van der Waals surface area contributed by atoms with E-state index in [-0.39, 0.29) is 6.61 Å². The lowest BCUT2D eigenvalue weighted by atomic mass is 10.1. The minimum absolute atomic E-state index is 0.0576. The summed E-state index contributed by atoms with van der Waals surface area (Å²) >= 11 is -2.24. The van der Waals surface area contributed by atoms with E-state index in [2.05, 4.69) is 0 Å². The van der Waals surface area contributed by atoms with Crippen molar-refractivity contribution in [3.05, 3.63) is 60.2 Å². The first-order valence-electron chi connectivity index (χ1n) is 13.7. The van der Waals surface area contributed by atoms with Crippen molar-refractivity contribution >= 4 is 32.9 Å². The number of esters is 2. The van der Waals surface area contributed by atoms with Crippen LogP contribution in [0.4, 0.5) is 0 Å². The number of hydrogen-bond acceptors (Lipinski definition) is 9. The average Bonchev–Trinajstić information content (AvgIpc) is 3.45. The number of rotatable bonds is 11. The van der Waals surface area contributed by atoms with Crippen LogP contribution < -0.4 is 4.74 Å². The lowest BCUT2D eigenvalue weighted by molar-refractivity contribution is -0.155. The molecule has 1 aliphatic carbocycles. The van der Waals surface area contributed by atoms with Crippen LogP contribution in [-0.4, -0.2) is 52.5 Å². The van der Waals surface area contributed by atoms with Crippen LogP contribution in [0.2, 0.25) is 0 Å². The lowest BCUT2D eigenvalue weighted by Gasteiger charge is -2.32. The fourth-order valence-electron chi connectivity index (χ4n) is 5.01. The van der Waals surface area contributed by atoms with Gasteiger partial charge >= 0.3 is 11.9 Å². The van der Waals surface area contributed by atoms with E-state index in [4.69, 9.17) is 18.4 Å². The highest BCUT2D eigenvalue weighted by atomic mass is 32.2. The topological polar surface area (TPSA) is 122 Å². The van der Waals surface area contributed by atoms with E-state index in [1.807, 2.05) is 30.3 Å². The highest BCUT2D eigenvalue weighted by Crippen LogP contribution is 2.62. The Kier molecular flexibility index (Phi) is 10.0. The summed E-state index contributed by atoms with van der Waals surface area (Å²) < 4.78 is 61.8. The summed E-state index contributed by atoms with van der Waals surface area (Å²) in [6.07, 6.45) is 0. The van der Waals surface area contributed by atoms with Gasteiger partial charge in [0.05, 0.1) is 23.0 Å². The van der Waals surface area contributed by atoms with Crippen LogP contribution in [0.5, 0.6) is 11.5 Å². The maximum atomic E-state index is 13.8. The van der Waals surface area contributed by atoms with Gasteiger partial charge in [-0.15, -0.1) is 0 Å². The second-order valence-electron chi connectivity index (χ2n) is 13.0. The summed E-state index contributed by atoms with van der Waals surface area (Å²) in [5, 5.41) is -3.20. The van der Waals surface area contributed by atoms with E-state index in [9.17, 15) is 22.2 Å². The third-order valence-corrected chi connectivity index (χ3v) is 11.7. The third-order valence-electron chi connectivity index (χ3n) is 7.29. The standard InChI is InChI=1S/C31H42O9S2/c1-29(2,3)40-28(33)26(42(35,36)30(4,5)6)25(41(34)37-9)23-24(31(23,7)8)27(32)38-19-20-14-13-17-22(18-20)39-21-15-11-10-12-16-21/h10-18,23-26H,19H2,1-9H3/t23-,24+,25-,26+,41+/m1/s1. The minimum Gasteiger partial charge on any atom is -0.461 e. The molecule has 2 aromatic rings. The Morgan fingerprint density at radius 3 is 2.10 bits per heavy atom. The fourth-order valence-corrected chi connectivity index (χ4v) is 8.59. The Balaban J connectivity index is 1.87. The van der Waals surface area contributed by atoms with Crippen molar-refractivity contribution in [2.24, 2.45) is 17.3 Å². The maximum Gasteiger partial charge on any atom is 0.326 e. The molecule has 0 bridgehead atoms. The molecule has 0 amide bonds. The summed E-state index contributed by atoms with van der Waals surface area (Å²) in [6.45, 7) is 12.7. The highest BCUT2D eigenvalue weighted by Gasteiger charge is 2.70. The van der Waals surface area contributed by atoms with Gasteiger partial charge in [0.15, 0.2) is 26.2 Å². The van der Waals surface area contributed by atoms with Gasteiger partial charge in [0.25, 0.3) is 0 Å². The smallest absolute Gasteiger partial charge is 0.326 e. The first kappa shape index (κ1) is 33.7. The first-order chi connectivity index (χ1) is 19.3. The zero-order valence-electron chi connectivity index (χ0n) is 25.7. The molecule has 3 rings (SSSR count). The summed E-state index contributed by atoms with van der Waals surface area (Å²) in [5.74, 6) is -2.01. The van der Waals surface area contributed by atoms with Crippen molar-refractivity contribution < 1.29 is 40.6 Å². The molecule has 0 aromatic heterocycles. The number of hydrogen-bond donors (Lipinski definition) is 0. The van der Waals surface area contributed by atoms with E-state index in [1.54, 1.807) is 58.9 Å². The van der Waals surface area contributed by atoms with Gasteiger partial charge in [-0.25, -0.2) is 12.6 Å². The zero-order chi connectivity index (χ0) is 31.7. The molecule has 1 saturated carbocycles. The first-order valence-corrected chi connectivity index (χ1v) is 16.4. The summed E-state index contributed by atoms with van der Waals surface area (Å²) in [5.41, 5.74) is -1.15. The normalized spacial score (nSPS) is 20.6. The third kappa shape index (κ3) is 7.60. The van der Waals surface area contributed by atoms with E-state index in [0.717, 1.165) is 0 Å². The number of ether oxygens (including phenoxy) is 3. The van der Waals surface area contributed by atoms with Crippen molar-refractivity contribution in [2.75, 3.05) is 7.11 Å². The second kappa shape index (κ2) is 12.5. The molecule has 1 aliphatic rings. The van der Waals surface area contributed by atoms with Crippen LogP contribution in [-0.2, 0) is 50.8 Å². The van der Waals surface area contributed by atoms with Crippen LogP contribution in [0, 0.1) is 17.3 Å². The van der Waals surface area contributed by atoms with Gasteiger partial charge < -0.3 is 14.2 Å². The number of sulfone groups is 1. The molecule has 11 heteroatoms. The van der Waals surface area contributed by atoms with Crippen molar-refractivity contribution in [3.63, 3.8) is 0 Å². The molecule has 0 aliphatic heterocycles. The van der Waals surface area contributed by atoms with Gasteiger partial charge in [-0.2, -0.15) is 0 Å².